The Hall–Kier alpha value is -0.770. The van der Waals surface area contributed by atoms with Gasteiger partial charge in [-0.25, -0.2) is 4.79 Å². The number of carbonyl (C=O) groups excluding carboxylic acids is 1. The Morgan fingerprint density at radius 2 is 2.11 bits per heavy atom. The van der Waals surface area contributed by atoms with E-state index in [0.717, 1.165) is 25.9 Å². The third-order valence-corrected chi connectivity index (χ3v) is 4.00. The lowest BCUT2D eigenvalue weighted by molar-refractivity contribution is -0.0621. The summed E-state index contributed by atoms with van der Waals surface area (Å²) >= 11 is 0. The van der Waals surface area contributed by atoms with Crippen LogP contribution in [0.4, 0.5) is 4.79 Å². The first-order chi connectivity index (χ1) is 8.34. The molecule has 4 heteroatoms. The summed E-state index contributed by atoms with van der Waals surface area (Å²) in [7, 11) is 0. The monoisotopic (exact) mass is 255 g/mol. The van der Waals surface area contributed by atoms with Crippen LogP contribution < -0.4 is 0 Å². The van der Waals surface area contributed by atoms with Crippen LogP contribution in [0.15, 0.2) is 0 Å². The van der Waals surface area contributed by atoms with Crippen LogP contribution in [0.1, 0.15) is 46.5 Å². The van der Waals surface area contributed by atoms with E-state index in [1.54, 1.807) is 4.90 Å². The third-order valence-electron chi connectivity index (χ3n) is 4.00. The number of hydrogen-bond donors (Lipinski definition) is 1. The van der Waals surface area contributed by atoms with E-state index in [0.29, 0.717) is 5.92 Å². The van der Waals surface area contributed by atoms with Gasteiger partial charge in [-0.05, 0) is 46.0 Å². The smallest absolute Gasteiger partial charge is 0.410 e. The summed E-state index contributed by atoms with van der Waals surface area (Å²) in [6.45, 7) is 7.57. The average Bonchev–Trinajstić information content (AvgIpc) is 2.23. The summed E-state index contributed by atoms with van der Waals surface area (Å²) in [6, 6.07) is 0. The first-order valence-corrected chi connectivity index (χ1v) is 6.92. The lowest BCUT2D eigenvalue weighted by atomic mass is 9.65. The normalized spacial score (nSPS) is 26.9. The van der Waals surface area contributed by atoms with Gasteiger partial charge in [0.2, 0.25) is 0 Å². The molecule has 0 aromatic heterocycles. The van der Waals surface area contributed by atoms with E-state index in [-0.39, 0.29) is 18.1 Å². The molecule has 1 amide bonds. The van der Waals surface area contributed by atoms with Crippen LogP contribution >= 0.6 is 0 Å². The fourth-order valence-corrected chi connectivity index (χ4v) is 3.24. The number of rotatable bonds is 1. The Morgan fingerprint density at radius 1 is 1.44 bits per heavy atom. The van der Waals surface area contributed by atoms with Gasteiger partial charge >= 0.3 is 6.09 Å². The van der Waals surface area contributed by atoms with Crippen molar-refractivity contribution in [3.63, 3.8) is 0 Å². The summed E-state index contributed by atoms with van der Waals surface area (Å²) in [5, 5.41) is 9.27. The van der Waals surface area contributed by atoms with Crippen LogP contribution in [0.2, 0.25) is 0 Å². The Kier molecular flexibility index (Phi) is 3.58. The minimum absolute atomic E-state index is 0.195. The Bertz CT molecular complexity index is 315. The molecule has 104 valence electrons. The van der Waals surface area contributed by atoms with Crippen LogP contribution in [-0.2, 0) is 4.74 Å². The van der Waals surface area contributed by atoms with E-state index < -0.39 is 5.60 Å². The van der Waals surface area contributed by atoms with Crippen LogP contribution in [0.25, 0.3) is 0 Å². The van der Waals surface area contributed by atoms with E-state index in [1.165, 1.54) is 12.8 Å². The summed E-state index contributed by atoms with van der Waals surface area (Å²) in [6.07, 6.45) is 4.35. The molecule has 0 radical (unpaired) electrons. The Morgan fingerprint density at radius 3 is 2.67 bits per heavy atom. The van der Waals surface area contributed by atoms with Gasteiger partial charge in [-0.3, -0.25) is 0 Å². The lowest BCUT2D eigenvalue weighted by Crippen LogP contribution is -2.60. The molecule has 2 aliphatic rings. The highest BCUT2D eigenvalue weighted by Gasteiger charge is 2.48. The summed E-state index contributed by atoms with van der Waals surface area (Å²) in [5.74, 6) is 0.430. The Labute approximate surface area is 109 Å². The first kappa shape index (κ1) is 13.7. The number of nitrogens with zero attached hydrogens (tertiary/aromatic N) is 1. The van der Waals surface area contributed by atoms with Gasteiger partial charge in [0.15, 0.2) is 0 Å². The number of carbonyl (C=O) groups is 1. The number of ether oxygens (including phenoxy) is 1. The number of hydrogen-bond acceptors (Lipinski definition) is 3. The van der Waals surface area contributed by atoms with Crippen molar-refractivity contribution >= 4 is 6.09 Å². The largest absolute Gasteiger partial charge is 0.444 e. The molecule has 1 unspecified atom stereocenters. The number of likely N-dealkylation sites (tertiary alicyclic amines) is 1. The number of aliphatic hydroxyl groups excluding tert-OH is 1. The van der Waals surface area contributed by atoms with Gasteiger partial charge in [-0.2, -0.15) is 0 Å². The van der Waals surface area contributed by atoms with Gasteiger partial charge in [-0.15, -0.1) is 0 Å². The van der Waals surface area contributed by atoms with Gasteiger partial charge in [0.25, 0.3) is 0 Å². The highest BCUT2D eigenvalue weighted by Crippen LogP contribution is 2.46. The van der Waals surface area contributed by atoms with Crippen molar-refractivity contribution in [3.8, 4) is 0 Å². The van der Waals surface area contributed by atoms with Crippen LogP contribution in [0, 0.1) is 11.3 Å². The van der Waals surface area contributed by atoms with E-state index >= 15 is 0 Å². The van der Waals surface area contributed by atoms with Crippen LogP contribution in [0.5, 0.6) is 0 Å². The zero-order valence-electron chi connectivity index (χ0n) is 11.7. The fourth-order valence-electron chi connectivity index (χ4n) is 3.24. The molecule has 4 nitrogen and oxygen atoms in total. The molecule has 1 aliphatic heterocycles. The molecule has 0 aromatic rings. The van der Waals surface area contributed by atoms with Crippen molar-refractivity contribution in [3.05, 3.63) is 0 Å². The van der Waals surface area contributed by atoms with Crippen molar-refractivity contribution in [1.82, 2.24) is 4.90 Å². The summed E-state index contributed by atoms with van der Waals surface area (Å²) in [4.78, 5) is 13.7. The molecule has 0 bridgehead atoms. The van der Waals surface area contributed by atoms with Gasteiger partial charge in [-0.1, -0.05) is 6.42 Å². The molecule has 1 heterocycles. The SMILES string of the molecule is CC(C)(C)OC(=O)N1CC2(CCCC(CO)C2)C1. The van der Waals surface area contributed by atoms with Crippen molar-refractivity contribution in [1.29, 1.82) is 0 Å². The van der Waals surface area contributed by atoms with E-state index in [2.05, 4.69) is 0 Å². The number of amides is 1. The zero-order valence-corrected chi connectivity index (χ0v) is 11.7. The predicted molar refractivity (Wildman–Crippen MR) is 69.3 cm³/mol. The summed E-state index contributed by atoms with van der Waals surface area (Å²) < 4.78 is 5.37. The van der Waals surface area contributed by atoms with E-state index in [4.69, 9.17) is 4.74 Å². The van der Waals surface area contributed by atoms with E-state index in [9.17, 15) is 9.90 Å². The highest BCUT2D eigenvalue weighted by molar-refractivity contribution is 5.69. The van der Waals surface area contributed by atoms with Gasteiger partial charge in [0, 0.05) is 25.1 Å². The standard InChI is InChI=1S/C14H25NO3/c1-13(2,3)18-12(17)15-9-14(10-15)6-4-5-11(7-14)8-16/h11,16H,4-10H2,1-3H3. The molecule has 2 rings (SSSR count). The molecule has 1 saturated carbocycles. The molecule has 1 atom stereocenters. The van der Waals surface area contributed by atoms with Crippen LogP contribution in [-0.4, -0.2) is 41.4 Å². The second-order valence-corrected chi connectivity index (χ2v) is 6.98. The third kappa shape index (κ3) is 2.97. The van der Waals surface area contributed by atoms with Crippen LogP contribution in [0.3, 0.4) is 0 Å². The summed E-state index contributed by atoms with van der Waals surface area (Å²) in [5.41, 5.74) is -0.150. The molecule has 1 saturated heterocycles. The van der Waals surface area contributed by atoms with Crippen molar-refractivity contribution < 1.29 is 14.6 Å². The molecule has 1 aliphatic carbocycles. The minimum Gasteiger partial charge on any atom is -0.444 e. The maximum absolute atomic E-state index is 11.9. The molecule has 1 N–H and O–H groups in total. The topological polar surface area (TPSA) is 49.8 Å². The highest BCUT2D eigenvalue weighted by atomic mass is 16.6. The molecular weight excluding hydrogens is 230 g/mol. The molecular formula is C14H25NO3. The molecule has 0 aromatic carbocycles. The predicted octanol–water partition coefficient (Wildman–Crippen LogP) is 2.41. The maximum Gasteiger partial charge on any atom is 0.410 e. The van der Waals surface area contributed by atoms with Gasteiger partial charge in [0.1, 0.15) is 5.60 Å². The second-order valence-electron chi connectivity index (χ2n) is 6.98. The Balaban J connectivity index is 1.84. The maximum atomic E-state index is 11.9. The second kappa shape index (κ2) is 4.72. The molecule has 1 spiro atoms. The number of aliphatic hydroxyl groups is 1. The zero-order chi connectivity index (χ0) is 13.4. The minimum atomic E-state index is -0.417. The van der Waals surface area contributed by atoms with E-state index in [1.807, 2.05) is 20.8 Å². The average molecular weight is 255 g/mol. The quantitative estimate of drug-likeness (QED) is 0.782. The molecule has 2 fully saturated rings. The lowest BCUT2D eigenvalue weighted by Gasteiger charge is -2.53. The fraction of sp³-hybridized carbons (Fsp3) is 0.929. The van der Waals surface area contributed by atoms with Crippen molar-refractivity contribution in [2.24, 2.45) is 11.3 Å². The van der Waals surface area contributed by atoms with Crippen molar-refractivity contribution in [2.75, 3.05) is 19.7 Å². The molecule has 18 heavy (non-hydrogen) atoms. The van der Waals surface area contributed by atoms with Gasteiger partial charge < -0.3 is 14.7 Å². The first-order valence-electron chi connectivity index (χ1n) is 6.92. The van der Waals surface area contributed by atoms with Crippen molar-refractivity contribution in [2.45, 2.75) is 52.1 Å². The van der Waals surface area contributed by atoms with Gasteiger partial charge in [0.05, 0.1) is 0 Å².